The molecule has 0 saturated heterocycles. The highest BCUT2D eigenvalue weighted by atomic mass is 32.2. The normalized spacial score (nSPS) is 14.5. The Hall–Kier alpha value is -1.47. The van der Waals surface area contributed by atoms with Crippen LogP contribution in [0.3, 0.4) is 0 Å². The van der Waals surface area contributed by atoms with Gasteiger partial charge in [0.15, 0.2) is 9.84 Å². The fourth-order valence-corrected chi connectivity index (χ4v) is 3.29. The maximum Gasteiger partial charge on any atom is 0.223 e. The maximum atomic E-state index is 12.8. The van der Waals surface area contributed by atoms with E-state index in [0.717, 1.165) is 12.1 Å². The third-order valence-electron chi connectivity index (χ3n) is 2.99. The first-order chi connectivity index (χ1) is 9.72. The van der Waals surface area contributed by atoms with Crippen LogP contribution in [0.4, 0.5) is 4.39 Å². The van der Waals surface area contributed by atoms with Crippen LogP contribution in [0, 0.1) is 11.7 Å². The van der Waals surface area contributed by atoms with Gasteiger partial charge < -0.3 is 11.1 Å². The number of carbonyl (C=O) groups excluding carboxylic acids is 1. The van der Waals surface area contributed by atoms with Crippen molar-refractivity contribution >= 4 is 15.7 Å². The summed E-state index contributed by atoms with van der Waals surface area (Å²) >= 11 is 0. The molecule has 0 aliphatic rings. The number of amides is 1. The summed E-state index contributed by atoms with van der Waals surface area (Å²) in [6.45, 7) is 3.79. The number of hydrogen-bond donors (Lipinski definition) is 2. The van der Waals surface area contributed by atoms with Crippen LogP contribution in [0.2, 0.25) is 0 Å². The highest BCUT2D eigenvalue weighted by Gasteiger charge is 2.23. The van der Waals surface area contributed by atoms with Crippen molar-refractivity contribution in [3.05, 3.63) is 30.1 Å². The maximum absolute atomic E-state index is 12.8. The Balaban J connectivity index is 2.62. The van der Waals surface area contributed by atoms with Crippen LogP contribution in [0.5, 0.6) is 0 Å². The Bertz CT molecular complexity index is 570. The molecule has 0 bridgehead atoms. The van der Waals surface area contributed by atoms with Gasteiger partial charge in [0.2, 0.25) is 5.91 Å². The molecule has 1 aromatic rings. The summed E-state index contributed by atoms with van der Waals surface area (Å²) in [5.41, 5.74) is 5.57. The zero-order chi connectivity index (χ0) is 16.0. The Morgan fingerprint density at radius 3 is 2.38 bits per heavy atom. The molecule has 2 atom stereocenters. The van der Waals surface area contributed by atoms with Gasteiger partial charge in [0.1, 0.15) is 5.82 Å². The summed E-state index contributed by atoms with van der Waals surface area (Å²) in [6, 6.07) is 4.54. The van der Waals surface area contributed by atoms with E-state index in [1.807, 2.05) is 6.92 Å². The van der Waals surface area contributed by atoms with E-state index >= 15 is 0 Å². The average molecular weight is 316 g/mol. The summed E-state index contributed by atoms with van der Waals surface area (Å²) in [5.74, 6) is -1.84. The molecule has 0 radical (unpaired) electrons. The zero-order valence-corrected chi connectivity index (χ0v) is 13.0. The number of hydrogen-bond acceptors (Lipinski definition) is 4. The minimum absolute atomic E-state index is 0.0131. The van der Waals surface area contributed by atoms with Crippen molar-refractivity contribution in [2.45, 2.75) is 31.2 Å². The van der Waals surface area contributed by atoms with Gasteiger partial charge in [-0.3, -0.25) is 4.79 Å². The number of benzene rings is 1. The molecular formula is C14H21FN2O3S. The van der Waals surface area contributed by atoms with Gasteiger partial charge in [0.25, 0.3) is 0 Å². The van der Waals surface area contributed by atoms with Gasteiger partial charge in [-0.2, -0.15) is 0 Å². The van der Waals surface area contributed by atoms with E-state index in [2.05, 4.69) is 5.32 Å². The van der Waals surface area contributed by atoms with Crippen LogP contribution < -0.4 is 11.1 Å². The predicted molar refractivity (Wildman–Crippen MR) is 78.9 cm³/mol. The lowest BCUT2D eigenvalue weighted by Gasteiger charge is -2.13. The van der Waals surface area contributed by atoms with Crippen LogP contribution in [-0.4, -0.2) is 32.7 Å². The van der Waals surface area contributed by atoms with Gasteiger partial charge in [0.05, 0.1) is 10.6 Å². The third kappa shape index (κ3) is 5.81. The Morgan fingerprint density at radius 2 is 1.86 bits per heavy atom. The molecular weight excluding hydrogens is 295 g/mol. The van der Waals surface area contributed by atoms with E-state index in [-0.39, 0.29) is 22.6 Å². The fourth-order valence-electron chi connectivity index (χ4n) is 1.74. The van der Waals surface area contributed by atoms with Gasteiger partial charge in [-0.1, -0.05) is 6.92 Å². The highest BCUT2D eigenvalue weighted by Crippen LogP contribution is 2.15. The first kappa shape index (κ1) is 17.6. The van der Waals surface area contributed by atoms with Gasteiger partial charge >= 0.3 is 0 Å². The van der Waals surface area contributed by atoms with E-state index in [4.69, 9.17) is 5.73 Å². The Morgan fingerprint density at radius 1 is 1.29 bits per heavy atom. The minimum atomic E-state index is -3.61. The molecule has 118 valence electrons. The number of sulfone groups is 1. The van der Waals surface area contributed by atoms with E-state index in [1.165, 1.54) is 12.1 Å². The molecule has 0 fully saturated rings. The largest absolute Gasteiger partial charge is 0.356 e. The van der Waals surface area contributed by atoms with Crippen LogP contribution in [-0.2, 0) is 14.6 Å². The summed E-state index contributed by atoms with van der Waals surface area (Å²) < 4.78 is 37.0. The van der Waals surface area contributed by atoms with Crippen LogP contribution >= 0.6 is 0 Å². The van der Waals surface area contributed by atoms with Crippen LogP contribution in [0.15, 0.2) is 29.2 Å². The van der Waals surface area contributed by atoms with Gasteiger partial charge in [0, 0.05) is 18.5 Å². The second-order valence-electron chi connectivity index (χ2n) is 5.19. The van der Waals surface area contributed by atoms with E-state index in [1.54, 1.807) is 6.92 Å². The number of halogens is 1. The molecule has 2 unspecified atom stereocenters. The van der Waals surface area contributed by atoms with Crippen LogP contribution in [0.25, 0.3) is 0 Å². The monoisotopic (exact) mass is 316 g/mol. The molecule has 0 aromatic heterocycles. The number of nitrogens with two attached hydrogens (primary N) is 1. The standard InChI is InChI=1S/C14H21FN2O3S/c1-10(14(18)17-8-7-11(2)16)9-21(19,20)13-5-3-12(15)4-6-13/h3-6,10-11H,7-9,16H2,1-2H3,(H,17,18). The first-order valence-corrected chi connectivity index (χ1v) is 8.39. The zero-order valence-electron chi connectivity index (χ0n) is 12.2. The van der Waals surface area contributed by atoms with Crippen LogP contribution in [0.1, 0.15) is 20.3 Å². The topological polar surface area (TPSA) is 89.3 Å². The molecule has 0 heterocycles. The van der Waals surface area contributed by atoms with E-state index in [0.29, 0.717) is 13.0 Å². The van der Waals surface area contributed by atoms with Crippen molar-refractivity contribution in [1.29, 1.82) is 0 Å². The van der Waals surface area contributed by atoms with Gasteiger partial charge in [-0.15, -0.1) is 0 Å². The van der Waals surface area contributed by atoms with E-state index < -0.39 is 21.6 Å². The summed E-state index contributed by atoms with van der Waals surface area (Å²) in [6.07, 6.45) is 0.628. The quantitative estimate of drug-likeness (QED) is 0.737. The molecule has 3 N–H and O–H groups in total. The predicted octanol–water partition coefficient (Wildman–Crippen LogP) is 1.09. The molecule has 7 heteroatoms. The molecule has 0 spiro atoms. The smallest absolute Gasteiger partial charge is 0.223 e. The molecule has 21 heavy (non-hydrogen) atoms. The lowest BCUT2D eigenvalue weighted by atomic mass is 10.2. The van der Waals surface area contributed by atoms with Crippen molar-refractivity contribution in [1.82, 2.24) is 5.32 Å². The van der Waals surface area contributed by atoms with Crippen molar-refractivity contribution in [3.8, 4) is 0 Å². The minimum Gasteiger partial charge on any atom is -0.356 e. The van der Waals surface area contributed by atoms with Gasteiger partial charge in [-0.25, -0.2) is 12.8 Å². The van der Waals surface area contributed by atoms with Gasteiger partial charge in [-0.05, 0) is 37.6 Å². The number of rotatable bonds is 7. The van der Waals surface area contributed by atoms with Crippen molar-refractivity contribution < 1.29 is 17.6 Å². The number of carbonyl (C=O) groups is 1. The summed E-state index contributed by atoms with van der Waals surface area (Å²) in [7, 11) is -3.61. The molecule has 5 nitrogen and oxygen atoms in total. The molecule has 1 rings (SSSR count). The third-order valence-corrected chi connectivity index (χ3v) is 4.92. The molecule has 0 aliphatic heterocycles. The first-order valence-electron chi connectivity index (χ1n) is 6.74. The lowest BCUT2D eigenvalue weighted by Crippen LogP contribution is -2.35. The summed E-state index contributed by atoms with van der Waals surface area (Å²) in [4.78, 5) is 11.8. The molecule has 0 saturated carbocycles. The SMILES string of the molecule is CC(N)CCNC(=O)C(C)CS(=O)(=O)c1ccc(F)cc1. The fraction of sp³-hybridized carbons (Fsp3) is 0.500. The number of nitrogens with one attached hydrogen (secondary N) is 1. The molecule has 0 aliphatic carbocycles. The summed E-state index contributed by atoms with van der Waals surface area (Å²) in [5, 5.41) is 2.65. The Labute approximate surface area is 124 Å². The van der Waals surface area contributed by atoms with Crippen molar-refractivity contribution in [2.75, 3.05) is 12.3 Å². The van der Waals surface area contributed by atoms with Crippen molar-refractivity contribution in [3.63, 3.8) is 0 Å². The average Bonchev–Trinajstić information content (AvgIpc) is 2.38. The van der Waals surface area contributed by atoms with E-state index in [9.17, 15) is 17.6 Å². The van der Waals surface area contributed by atoms with Crippen molar-refractivity contribution in [2.24, 2.45) is 11.7 Å². The lowest BCUT2D eigenvalue weighted by molar-refractivity contribution is -0.123. The second-order valence-corrected chi connectivity index (χ2v) is 7.23. The highest BCUT2D eigenvalue weighted by molar-refractivity contribution is 7.91. The molecule has 1 aromatic carbocycles. The molecule has 1 amide bonds. The second kappa shape index (κ2) is 7.51. The Kier molecular flexibility index (Phi) is 6.29.